The number of Topliss-reactive ketones (excluding diaryl/α,β-unsaturated/α-hetero) is 1. The van der Waals surface area contributed by atoms with Crippen LogP contribution in [0.15, 0.2) is 24.3 Å². The molecule has 0 bridgehead atoms. The van der Waals surface area contributed by atoms with Crippen molar-refractivity contribution in [2.24, 2.45) is 0 Å². The van der Waals surface area contributed by atoms with Crippen LogP contribution in [0.25, 0.3) is 0 Å². The van der Waals surface area contributed by atoms with Gasteiger partial charge in [0.05, 0.1) is 18.6 Å². The third-order valence-corrected chi connectivity index (χ3v) is 2.85. The number of rotatable bonds is 2. The zero-order valence-electron chi connectivity index (χ0n) is 8.49. The van der Waals surface area contributed by atoms with Crippen LogP contribution in [0, 0.1) is 11.3 Å². The Labute approximate surface area is 88.3 Å². The lowest BCUT2D eigenvalue weighted by atomic mass is 9.65. The van der Waals surface area contributed by atoms with Crippen LogP contribution in [-0.2, 0) is 10.2 Å². The molecule has 1 aromatic rings. The molecule has 0 saturated heterocycles. The number of hydrogen-bond acceptors (Lipinski definition) is 3. The van der Waals surface area contributed by atoms with E-state index in [1.54, 1.807) is 7.11 Å². The van der Waals surface area contributed by atoms with Crippen LogP contribution in [0.1, 0.15) is 18.4 Å². The largest absolute Gasteiger partial charge is 0.497 e. The molecule has 1 aliphatic rings. The molecule has 2 rings (SSSR count). The minimum absolute atomic E-state index is 0.160. The molecule has 3 nitrogen and oxygen atoms in total. The molecule has 0 spiro atoms. The Hall–Kier alpha value is -1.82. The van der Waals surface area contributed by atoms with Gasteiger partial charge >= 0.3 is 0 Å². The van der Waals surface area contributed by atoms with Crippen molar-refractivity contribution in [3.63, 3.8) is 0 Å². The third kappa shape index (κ3) is 1.48. The number of benzene rings is 1. The van der Waals surface area contributed by atoms with Gasteiger partial charge in [0.1, 0.15) is 11.5 Å². The summed E-state index contributed by atoms with van der Waals surface area (Å²) in [5, 5.41) is 9.10. The van der Waals surface area contributed by atoms with Gasteiger partial charge in [-0.05, 0) is 17.7 Å². The summed E-state index contributed by atoms with van der Waals surface area (Å²) >= 11 is 0. The zero-order chi connectivity index (χ0) is 10.9. The fourth-order valence-electron chi connectivity index (χ4n) is 1.88. The molecule has 0 radical (unpaired) electrons. The van der Waals surface area contributed by atoms with Crippen molar-refractivity contribution in [3.8, 4) is 11.8 Å². The molecule has 1 saturated carbocycles. The maximum atomic E-state index is 11.0. The lowest BCUT2D eigenvalue weighted by molar-refractivity contribution is -0.126. The Balaban J connectivity index is 2.29. The van der Waals surface area contributed by atoms with Crippen LogP contribution in [-0.4, -0.2) is 12.9 Å². The molecular weight excluding hydrogens is 190 g/mol. The summed E-state index contributed by atoms with van der Waals surface area (Å²) in [6.45, 7) is 0. The Morgan fingerprint density at radius 1 is 1.33 bits per heavy atom. The molecule has 0 aromatic heterocycles. The Morgan fingerprint density at radius 2 is 1.93 bits per heavy atom. The molecule has 0 aliphatic heterocycles. The van der Waals surface area contributed by atoms with E-state index in [1.807, 2.05) is 24.3 Å². The van der Waals surface area contributed by atoms with E-state index in [9.17, 15) is 4.79 Å². The predicted molar refractivity (Wildman–Crippen MR) is 54.5 cm³/mol. The number of carbonyl (C=O) groups excluding carboxylic acids is 1. The molecule has 0 heterocycles. The highest BCUT2D eigenvalue weighted by atomic mass is 16.5. The molecule has 1 aliphatic carbocycles. The van der Waals surface area contributed by atoms with Crippen molar-refractivity contribution in [2.75, 3.05) is 7.11 Å². The van der Waals surface area contributed by atoms with Crippen LogP contribution < -0.4 is 4.74 Å². The second kappa shape index (κ2) is 3.39. The summed E-state index contributed by atoms with van der Waals surface area (Å²) < 4.78 is 5.04. The zero-order valence-corrected chi connectivity index (χ0v) is 8.49. The summed E-state index contributed by atoms with van der Waals surface area (Å²) in [5.41, 5.74) is 0.328. The molecule has 0 atom stereocenters. The highest BCUT2D eigenvalue weighted by Crippen LogP contribution is 2.40. The van der Waals surface area contributed by atoms with Gasteiger partial charge in [-0.3, -0.25) is 4.79 Å². The van der Waals surface area contributed by atoms with Gasteiger partial charge in [-0.15, -0.1) is 0 Å². The second-order valence-electron chi connectivity index (χ2n) is 3.81. The van der Waals surface area contributed by atoms with E-state index in [0.29, 0.717) is 12.8 Å². The summed E-state index contributed by atoms with van der Waals surface area (Å²) in [6, 6.07) is 9.58. The third-order valence-electron chi connectivity index (χ3n) is 2.85. The molecule has 1 aromatic carbocycles. The highest BCUT2D eigenvalue weighted by molar-refractivity contribution is 5.90. The number of carbonyl (C=O) groups is 1. The first-order valence-corrected chi connectivity index (χ1v) is 4.78. The first kappa shape index (κ1) is 9.72. The lowest BCUT2D eigenvalue weighted by Crippen LogP contribution is -2.40. The number of ether oxygens (including phenoxy) is 1. The van der Waals surface area contributed by atoms with E-state index in [4.69, 9.17) is 10.00 Å². The fourth-order valence-corrected chi connectivity index (χ4v) is 1.88. The van der Waals surface area contributed by atoms with E-state index in [0.717, 1.165) is 11.3 Å². The maximum absolute atomic E-state index is 11.0. The molecule has 15 heavy (non-hydrogen) atoms. The van der Waals surface area contributed by atoms with E-state index in [1.165, 1.54) is 0 Å². The number of nitrogens with zero attached hydrogens (tertiary/aromatic N) is 1. The van der Waals surface area contributed by atoms with Crippen molar-refractivity contribution in [2.45, 2.75) is 18.3 Å². The van der Waals surface area contributed by atoms with E-state index in [2.05, 4.69) is 6.07 Å². The lowest BCUT2D eigenvalue weighted by Gasteiger charge is -2.34. The summed E-state index contributed by atoms with van der Waals surface area (Å²) in [5.74, 6) is 0.921. The number of hydrogen-bond donors (Lipinski definition) is 0. The first-order valence-electron chi connectivity index (χ1n) is 4.78. The summed E-state index contributed by atoms with van der Waals surface area (Å²) in [6.07, 6.45) is 0.686. The SMILES string of the molecule is COc1ccc(C2(C#N)CC(=O)C2)cc1. The normalized spacial score (nSPS) is 17.7. The van der Waals surface area contributed by atoms with Crippen LogP contribution in [0.2, 0.25) is 0 Å². The average molecular weight is 201 g/mol. The van der Waals surface area contributed by atoms with Crippen molar-refractivity contribution in [1.82, 2.24) is 0 Å². The highest BCUT2D eigenvalue weighted by Gasteiger charge is 2.45. The molecule has 1 fully saturated rings. The monoisotopic (exact) mass is 201 g/mol. The standard InChI is InChI=1S/C12H11NO2/c1-15-11-4-2-9(3-5-11)12(8-13)6-10(14)7-12/h2-5H,6-7H2,1H3. The Kier molecular flexibility index (Phi) is 2.20. The molecule has 0 amide bonds. The van der Waals surface area contributed by atoms with Gasteiger partial charge in [0.15, 0.2) is 0 Å². The second-order valence-corrected chi connectivity index (χ2v) is 3.81. The van der Waals surface area contributed by atoms with Crippen LogP contribution in [0.3, 0.4) is 0 Å². The Bertz CT molecular complexity index is 420. The average Bonchev–Trinajstić information content (AvgIpc) is 2.25. The van der Waals surface area contributed by atoms with Crippen LogP contribution in [0.4, 0.5) is 0 Å². The molecule has 0 unspecified atom stereocenters. The maximum Gasteiger partial charge on any atom is 0.136 e. The number of ketones is 1. The molecular formula is C12H11NO2. The van der Waals surface area contributed by atoms with Crippen molar-refractivity contribution in [1.29, 1.82) is 5.26 Å². The van der Waals surface area contributed by atoms with Gasteiger partial charge in [-0.2, -0.15) is 5.26 Å². The fraction of sp³-hybridized carbons (Fsp3) is 0.333. The minimum Gasteiger partial charge on any atom is -0.497 e. The summed E-state index contributed by atoms with van der Waals surface area (Å²) in [4.78, 5) is 11.0. The van der Waals surface area contributed by atoms with Gasteiger partial charge in [0.25, 0.3) is 0 Å². The molecule has 76 valence electrons. The molecule has 0 N–H and O–H groups in total. The van der Waals surface area contributed by atoms with Crippen LogP contribution >= 0.6 is 0 Å². The number of methoxy groups -OCH3 is 1. The minimum atomic E-state index is -0.580. The van der Waals surface area contributed by atoms with Gasteiger partial charge in [0, 0.05) is 12.8 Å². The van der Waals surface area contributed by atoms with Crippen molar-refractivity contribution >= 4 is 5.78 Å². The van der Waals surface area contributed by atoms with Crippen molar-refractivity contribution in [3.05, 3.63) is 29.8 Å². The van der Waals surface area contributed by atoms with Crippen molar-refractivity contribution < 1.29 is 9.53 Å². The van der Waals surface area contributed by atoms with E-state index >= 15 is 0 Å². The predicted octanol–water partition coefficient (Wildman–Crippen LogP) is 1.82. The Morgan fingerprint density at radius 3 is 2.33 bits per heavy atom. The summed E-state index contributed by atoms with van der Waals surface area (Å²) in [7, 11) is 1.60. The van der Waals surface area contributed by atoms with Crippen LogP contribution in [0.5, 0.6) is 5.75 Å². The topological polar surface area (TPSA) is 50.1 Å². The number of nitriles is 1. The van der Waals surface area contributed by atoms with E-state index < -0.39 is 5.41 Å². The van der Waals surface area contributed by atoms with Gasteiger partial charge in [0.2, 0.25) is 0 Å². The van der Waals surface area contributed by atoms with Gasteiger partial charge in [-0.1, -0.05) is 12.1 Å². The van der Waals surface area contributed by atoms with Gasteiger partial charge < -0.3 is 4.74 Å². The molecule has 3 heteroatoms. The van der Waals surface area contributed by atoms with Gasteiger partial charge in [-0.25, -0.2) is 0 Å². The quantitative estimate of drug-likeness (QED) is 0.733. The smallest absolute Gasteiger partial charge is 0.136 e. The van der Waals surface area contributed by atoms with E-state index in [-0.39, 0.29) is 5.78 Å². The first-order chi connectivity index (χ1) is 7.20.